The Morgan fingerprint density at radius 1 is 0.566 bits per heavy atom. The van der Waals surface area contributed by atoms with Crippen LogP contribution in [0.4, 0.5) is 0 Å². The Kier molecular flexibility index (Phi) is 16.2. The summed E-state index contributed by atoms with van der Waals surface area (Å²) >= 11 is 0. The van der Waals surface area contributed by atoms with Gasteiger partial charge in [-0.3, -0.25) is 4.79 Å². The molecule has 0 radical (unpaired) electrons. The Bertz CT molecular complexity index is 2140. The number of ether oxygens (including phenoxy) is 8. The van der Waals surface area contributed by atoms with Gasteiger partial charge in [-0.25, -0.2) is 4.79 Å². The third-order valence-electron chi connectivity index (χ3n) is 21.0. The lowest BCUT2D eigenvalue weighted by Crippen LogP contribution is -2.68. The average Bonchev–Trinajstić information content (AvgIpc) is 3.66. The molecule has 76 heavy (non-hydrogen) atoms. The zero-order chi connectivity index (χ0) is 55.6. The molecule has 4 heterocycles. The lowest BCUT2D eigenvalue weighted by molar-refractivity contribution is -0.378. The second-order valence-corrected chi connectivity index (χ2v) is 25.8. The number of rotatable bonds is 12. The van der Waals surface area contributed by atoms with Gasteiger partial charge in [-0.15, -0.1) is 0 Å². The first-order valence-corrected chi connectivity index (χ1v) is 27.2. The van der Waals surface area contributed by atoms with Gasteiger partial charge in [0.25, 0.3) is 0 Å². The third kappa shape index (κ3) is 9.33. The Morgan fingerprint density at radius 3 is 1.66 bits per heavy atom. The minimum Gasteiger partial charge on any atom is -0.479 e. The number of fused-ring (bicyclic) bond motifs is 7. The molecule has 0 aromatic rings. The lowest BCUT2D eigenvalue weighted by Gasteiger charge is -2.71. The first kappa shape index (κ1) is 58.6. The van der Waals surface area contributed by atoms with E-state index in [9.17, 15) is 76.0 Å². The van der Waals surface area contributed by atoms with Gasteiger partial charge in [0, 0.05) is 0 Å². The number of aliphatic hydroxyl groups excluding tert-OH is 12. The molecule has 0 aromatic heterocycles. The predicted octanol–water partition coefficient (Wildman–Crippen LogP) is -1.30. The highest BCUT2D eigenvalue weighted by atomic mass is 16.8. The molecule has 0 bridgehead atoms. The summed E-state index contributed by atoms with van der Waals surface area (Å²) in [5.41, 5.74) is -1.33. The van der Waals surface area contributed by atoms with Gasteiger partial charge in [0.1, 0.15) is 85.5 Å². The number of hydrogen-bond donors (Lipinski definition) is 13. The highest BCUT2D eigenvalue weighted by Crippen LogP contribution is 2.76. The standard InChI is InChI=1S/C53H84O23/c1-48(2)14-16-53(47(68)76-45-37(64)34(61)31(58)25(20-55)71-45)17-15-51(6)22(23(53)18-48)8-9-28-50(5)12-11-29(49(3,4)27(50)10-13-52(28,51)7)72-46-38(65)39(73-44-36(63)33(60)30(57)24(19-54)69-44)40(41(75-46)42(66)67)74-43-35(62)32(59)26(21-56)70-43/h8,23-41,43-46,54-65H,9-21H2,1-7H3,(H,66,67)/t23-,24-,25+,26+,27-,28-,29-,30-,31+,32+,33+,34-,35-,36-,37+,38-,39-,40+,41+,43+,44+,45-,46-,50+,51-,52-,53+/m1/s1. The molecule has 0 aromatic carbocycles. The van der Waals surface area contributed by atoms with E-state index in [4.69, 9.17) is 37.9 Å². The van der Waals surface area contributed by atoms with Crippen molar-refractivity contribution in [2.45, 2.75) is 235 Å². The lowest BCUT2D eigenvalue weighted by atomic mass is 9.33. The molecule has 9 aliphatic rings. The third-order valence-corrected chi connectivity index (χ3v) is 21.0. The van der Waals surface area contributed by atoms with Crippen molar-refractivity contribution in [1.82, 2.24) is 0 Å². The van der Waals surface area contributed by atoms with Crippen molar-refractivity contribution < 1.29 is 114 Å². The molecule has 0 spiro atoms. The Balaban J connectivity index is 0.970. The molecule has 9 rings (SSSR count). The van der Waals surface area contributed by atoms with Crippen molar-refractivity contribution in [1.29, 1.82) is 0 Å². The molecule has 23 nitrogen and oxygen atoms in total. The van der Waals surface area contributed by atoms with E-state index in [0.717, 1.165) is 25.7 Å². The van der Waals surface area contributed by atoms with Gasteiger partial charge in [0.05, 0.1) is 31.3 Å². The van der Waals surface area contributed by atoms with Crippen LogP contribution in [0, 0.1) is 50.2 Å². The van der Waals surface area contributed by atoms with Crippen LogP contribution >= 0.6 is 0 Å². The van der Waals surface area contributed by atoms with Crippen LogP contribution in [-0.2, 0) is 47.5 Å². The quantitative estimate of drug-likeness (QED) is 0.0613. The molecular weight excluding hydrogens is 1000 g/mol. The predicted molar refractivity (Wildman–Crippen MR) is 257 cm³/mol. The summed E-state index contributed by atoms with van der Waals surface area (Å²) in [6, 6.07) is 0. The van der Waals surface area contributed by atoms with E-state index in [0.29, 0.717) is 38.5 Å². The minimum atomic E-state index is -2.03. The van der Waals surface area contributed by atoms with Crippen molar-refractivity contribution in [3.63, 3.8) is 0 Å². The van der Waals surface area contributed by atoms with Gasteiger partial charge in [0.15, 0.2) is 25.0 Å². The summed E-state index contributed by atoms with van der Waals surface area (Å²) in [7, 11) is 0. The summed E-state index contributed by atoms with van der Waals surface area (Å²) in [4.78, 5) is 27.9. The largest absolute Gasteiger partial charge is 0.479 e. The maximum Gasteiger partial charge on any atom is 0.335 e. The van der Waals surface area contributed by atoms with E-state index in [1.165, 1.54) is 5.57 Å². The second-order valence-electron chi connectivity index (χ2n) is 25.8. The molecule has 4 saturated carbocycles. The normalized spacial score (nSPS) is 52.8. The van der Waals surface area contributed by atoms with Crippen LogP contribution in [0.1, 0.15) is 113 Å². The summed E-state index contributed by atoms with van der Waals surface area (Å²) in [5.74, 6) is -2.16. The van der Waals surface area contributed by atoms with Gasteiger partial charge in [-0.05, 0) is 109 Å². The fraction of sp³-hybridized carbons (Fsp3) is 0.925. The topological polar surface area (TPSA) is 371 Å². The van der Waals surface area contributed by atoms with Crippen LogP contribution in [0.15, 0.2) is 11.6 Å². The fourth-order valence-corrected chi connectivity index (χ4v) is 16.3. The van der Waals surface area contributed by atoms with Crippen LogP contribution in [0.5, 0.6) is 0 Å². The van der Waals surface area contributed by atoms with Crippen LogP contribution < -0.4 is 0 Å². The summed E-state index contributed by atoms with van der Waals surface area (Å²) in [5, 5.41) is 138. The van der Waals surface area contributed by atoms with Crippen molar-refractivity contribution in [3.8, 4) is 0 Å². The number of allylic oxidation sites excluding steroid dienone is 2. The van der Waals surface area contributed by atoms with E-state index in [1.807, 2.05) is 0 Å². The number of carbonyl (C=O) groups is 2. The van der Waals surface area contributed by atoms with Gasteiger partial charge < -0.3 is 104 Å². The highest BCUT2D eigenvalue weighted by molar-refractivity contribution is 5.79. The van der Waals surface area contributed by atoms with Crippen molar-refractivity contribution in [2.75, 3.05) is 19.8 Å². The number of carbonyl (C=O) groups excluding carboxylic acids is 1. The molecule has 434 valence electrons. The zero-order valence-corrected chi connectivity index (χ0v) is 44.4. The zero-order valence-electron chi connectivity index (χ0n) is 44.4. The SMILES string of the molecule is CC1(C)CC[C@]2(C(=O)O[C@H]3O[C@@H](CO)[C@H](O)[C@@H](O)[C@@H]3O)CC[C@]3(C)C(=CC[C@@H]4[C@@]5(C)CC[C@@H](O[C@@H]6O[C@H](C(=O)O)[C@@H](O[C@@H]7O[C@@H](CO)[C@H](O)[C@H]7O)[C@H](O[C@@H]7O[C@H](CO)[C@@H](O)[C@H](O)[C@H]7O)[C@H]6O)C(C)(C)[C@H]5CC[C@]43C)[C@H]2C1. The van der Waals surface area contributed by atoms with E-state index in [-0.39, 0.29) is 39.4 Å². The highest BCUT2D eigenvalue weighted by Gasteiger charge is 2.70. The Labute approximate surface area is 442 Å². The molecule has 5 aliphatic carbocycles. The molecule has 4 aliphatic heterocycles. The second kappa shape index (κ2) is 21.0. The maximum absolute atomic E-state index is 14.8. The number of aliphatic hydroxyl groups is 12. The van der Waals surface area contributed by atoms with Crippen molar-refractivity contribution in [3.05, 3.63) is 11.6 Å². The summed E-state index contributed by atoms with van der Waals surface area (Å²) in [6.45, 7) is 13.5. The smallest absolute Gasteiger partial charge is 0.335 e. The summed E-state index contributed by atoms with van der Waals surface area (Å²) < 4.78 is 47.6. The van der Waals surface area contributed by atoms with Gasteiger partial charge in [0.2, 0.25) is 6.29 Å². The van der Waals surface area contributed by atoms with Crippen LogP contribution in [0.25, 0.3) is 0 Å². The maximum atomic E-state index is 14.8. The Morgan fingerprint density at radius 2 is 1.08 bits per heavy atom. The molecule has 0 unspecified atom stereocenters. The van der Waals surface area contributed by atoms with Crippen molar-refractivity contribution in [2.24, 2.45) is 50.2 Å². The van der Waals surface area contributed by atoms with E-state index in [1.54, 1.807) is 0 Å². The van der Waals surface area contributed by atoms with Gasteiger partial charge in [-0.1, -0.05) is 60.1 Å². The molecule has 23 heteroatoms. The molecule has 13 N–H and O–H groups in total. The number of aliphatic carboxylic acids is 1. The first-order chi connectivity index (χ1) is 35.5. The van der Waals surface area contributed by atoms with Crippen molar-refractivity contribution >= 4 is 11.9 Å². The van der Waals surface area contributed by atoms with Crippen LogP contribution in [-0.4, -0.2) is 221 Å². The first-order valence-electron chi connectivity index (χ1n) is 27.2. The number of carboxylic acid groups (broad SMARTS) is 1. The molecule has 8 fully saturated rings. The number of carboxylic acids is 1. The number of hydrogen-bond acceptors (Lipinski definition) is 22. The van der Waals surface area contributed by atoms with E-state index in [2.05, 4.69) is 54.5 Å². The van der Waals surface area contributed by atoms with Crippen LogP contribution in [0.3, 0.4) is 0 Å². The molecule has 27 atom stereocenters. The minimum absolute atomic E-state index is 0.0281. The fourth-order valence-electron chi connectivity index (χ4n) is 16.3. The Hall–Kier alpha value is -2.08. The van der Waals surface area contributed by atoms with Crippen LogP contribution in [0.2, 0.25) is 0 Å². The monoisotopic (exact) mass is 1090 g/mol. The van der Waals surface area contributed by atoms with Gasteiger partial charge >= 0.3 is 11.9 Å². The molecule has 4 saturated heterocycles. The summed E-state index contributed by atoms with van der Waals surface area (Å²) in [6.07, 6.45) is -24.5. The van der Waals surface area contributed by atoms with Gasteiger partial charge in [-0.2, -0.15) is 0 Å². The van der Waals surface area contributed by atoms with E-state index >= 15 is 0 Å². The molecular formula is C53H84O23. The average molecular weight is 1090 g/mol. The molecule has 0 amide bonds. The number of esters is 1. The van der Waals surface area contributed by atoms with E-state index < -0.39 is 165 Å².